The van der Waals surface area contributed by atoms with Crippen LogP contribution in [0.25, 0.3) is 0 Å². The molecule has 0 saturated carbocycles. The molecular weight excluding hydrogens is 462 g/mol. The zero-order chi connectivity index (χ0) is 25.9. The molecule has 9 heteroatoms. The van der Waals surface area contributed by atoms with Crippen LogP contribution in [-0.2, 0) is 30.3 Å². The standard InChI is InChI=1S/C27H41N3O6/c1-19(2)12-13-30(18-24(31)28-17-21-10-6-14-35-21)27(34)25(32)22(16-20-8-4-3-5-9-20)29-26(33)23-11-7-15-36-23/h3-5,8-9,19,21-23,25,32H,6-7,10-18H2,1-2H3,(H,28,31)(H,29,33)/t21-,22+,23+,25+/m1/s1. The van der Waals surface area contributed by atoms with Gasteiger partial charge in [-0.2, -0.15) is 0 Å². The Labute approximate surface area is 213 Å². The molecule has 2 fully saturated rings. The van der Waals surface area contributed by atoms with Crippen LogP contribution in [0.4, 0.5) is 0 Å². The third-order valence-corrected chi connectivity index (χ3v) is 6.66. The van der Waals surface area contributed by atoms with Crippen molar-refractivity contribution in [2.75, 3.05) is 32.8 Å². The number of ether oxygens (including phenoxy) is 2. The molecule has 4 atom stereocenters. The van der Waals surface area contributed by atoms with Crippen LogP contribution in [0.3, 0.4) is 0 Å². The van der Waals surface area contributed by atoms with Crippen molar-refractivity contribution in [3.8, 4) is 0 Å². The molecule has 0 radical (unpaired) electrons. The molecule has 3 N–H and O–H groups in total. The monoisotopic (exact) mass is 503 g/mol. The minimum absolute atomic E-state index is 0.00243. The van der Waals surface area contributed by atoms with E-state index in [-0.39, 0.29) is 30.9 Å². The lowest BCUT2D eigenvalue weighted by Crippen LogP contribution is -2.55. The topological polar surface area (TPSA) is 117 Å². The van der Waals surface area contributed by atoms with Crippen molar-refractivity contribution < 1.29 is 29.0 Å². The number of aliphatic hydroxyl groups excluding tert-OH is 1. The fraction of sp³-hybridized carbons (Fsp3) is 0.667. The number of hydrogen-bond acceptors (Lipinski definition) is 6. The molecular formula is C27H41N3O6. The SMILES string of the molecule is CC(C)CCN(CC(=O)NC[C@H]1CCCO1)C(=O)[C@@H](O)[C@H](Cc1ccccc1)NC(=O)[C@@H]1CCCO1. The van der Waals surface area contributed by atoms with Gasteiger partial charge in [-0.15, -0.1) is 0 Å². The first-order chi connectivity index (χ1) is 17.3. The molecule has 36 heavy (non-hydrogen) atoms. The van der Waals surface area contributed by atoms with Gasteiger partial charge in [0.05, 0.1) is 18.7 Å². The zero-order valence-electron chi connectivity index (χ0n) is 21.5. The van der Waals surface area contributed by atoms with Crippen LogP contribution >= 0.6 is 0 Å². The van der Waals surface area contributed by atoms with Gasteiger partial charge in [-0.1, -0.05) is 44.2 Å². The average molecular weight is 504 g/mol. The number of carbonyl (C=O) groups is 3. The smallest absolute Gasteiger partial charge is 0.254 e. The summed E-state index contributed by atoms with van der Waals surface area (Å²) in [7, 11) is 0. The van der Waals surface area contributed by atoms with Crippen molar-refractivity contribution in [3.63, 3.8) is 0 Å². The number of rotatable bonds is 13. The number of nitrogens with zero attached hydrogens (tertiary/aromatic N) is 1. The van der Waals surface area contributed by atoms with Gasteiger partial charge < -0.3 is 30.1 Å². The number of carbonyl (C=O) groups excluding carboxylic acids is 3. The fourth-order valence-electron chi connectivity index (χ4n) is 4.47. The summed E-state index contributed by atoms with van der Waals surface area (Å²) < 4.78 is 11.0. The molecule has 3 amide bonds. The molecule has 0 aromatic heterocycles. The Balaban J connectivity index is 1.68. The van der Waals surface area contributed by atoms with Gasteiger partial charge in [-0.25, -0.2) is 0 Å². The van der Waals surface area contributed by atoms with Crippen molar-refractivity contribution in [1.82, 2.24) is 15.5 Å². The lowest BCUT2D eigenvalue weighted by molar-refractivity contribution is -0.146. The van der Waals surface area contributed by atoms with Crippen molar-refractivity contribution >= 4 is 17.7 Å². The van der Waals surface area contributed by atoms with E-state index in [1.807, 2.05) is 44.2 Å². The molecule has 9 nitrogen and oxygen atoms in total. The number of nitrogens with one attached hydrogen (secondary N) is 2. The summed E-state index contributed by atoms with van der Waals surface area (Å²) in [4.78, 5) is 40.3. The molecule has 3 rings (SSSR count). The first kappa shape index (κ1) is 28.1. The third kappa shape index (κ3) is 8.87. The van der Waals surface area contributed by atoms with Crippen LogP contribution in [-0.4, -0.2) is 84.9 Å². The van der Waals surface area contributed by atoms with Crippen LogP contribution in [0, 0.1) is 5.92 Å². The number of amides is 3. The molecule has 0 aliphatic carbocycles. The predicted molar refractivity (Wildman–Crippen MR) is 135 cm³/mol. The molecule has 2 aliphatic heterocycles. The van der Waals surface area contributed by atoms with Crippen LogP contribution < -0.4 is 10.6 Å². The zero-order valence-corrected chi connectivity index (χ0v) is 21.5. The van der Waals surface area contributed by atoms with Crippen molar-refractivity contribution in [1.29, 1.82) is 0 Å². The van der Waals surface area contributed by atoms with Gasteiger partial charge in [0, 0.05) is 26.3 Å². The molecule has 2 aliphatic rings. The van der Waals surface area contributed by atoms with E-state index >= 15 is 0 Å². The molecule has 1 aromatic carbocycles. The third-order valence-electron chi connectivity index (χ3n) is 6.66. The summed E-state index contributed by atoms with van der Waals surface area (Å²) in [6.07, 6.45) is 2.17. The van der Waals surface area contributed by atoms with Gasteiger partial charge in [0.1, 0.15) is 6.10 Å². The van der Waals surface area contributed by atoms with E-state index in [1.54, 1.807) is 0 Å². The summed E-state index contributed by atoms with van der Waals surface area (Å²) in [6, 6.07) is 8.54. The maximum absolute atomic E-state index is 13.5. The van der Waals surface area contributed by atoms with Crippen LogP contribution in [0.15, 0.2) is 30.3 Å². The van der Waals surface area contributed by atoms with Gasteiger partial charge in [0.15, 0.2) is 6.10 Å². The number of hydrogen-bond donors (Lipinski definition) is 3. The normalized spacial score (nSPS) is 21.2. The van der Waals surface area contributed by atoms with Crippen molar-refractivity contribution in [2.45, 2.75) is 76.7 Å². The van der Waals surface area contributed by atoms with Crippen molar-refractivity contribution in [3.05, 3.63) is 35.9 Å². The van der Waals surface area contributed by atoms with E-state index in [0.29, 0.717) is 45.1 Å². The van der Waals surface area contributed by atoms with E-state index in [4.69, 9.17) is 9.47 Å². The van der Waals surface area contributed by atoms with Gasteiger partial charge >= 0.3 is 0 Å². The van der Waals surface area contributed by atoms with E-state index in [9.17, 15) is 19.5 Å². The predicted octanol–water partition coefficient (Wildman–Crippen LogP) is 1.42. The maximum Gasteiger partial charge on any atom is 0.254 e. The molecule has 0 spiro atoms. The second-order valence-corrected chi connectivity index (χ2v) is 10.1. The van der Waals surface area contributed by atoms with Crippen LogP contribution in [0.1, 0.15) is 51.5 Å². The van der Waals surface area contributed by atoms with E-state index in [2.05, 4.69) is 10.6 Å². The molecule has 200 valence electrons. The van der Waals surface area contributed by atoms with Crippen molar-refractivity contribution in [2.24, 2.45) is 5.92 Å². The molecule has 0 unspecified atom stereocenters. The quantitative estimate of drug-likeness (QED) is 0.375. The first-order valence-electron chi connectivity index (χ1n) is 13.1. The summed E-state index contributed by atoms with van der Waals surface area (Å²) in [5, 5.41) is 16.9. The molecule has 2 heterocycles. The molecule has 1 aromatic rings. The summed E-state index contributed by atoms with van der Waals surface area (Å²) >= 11 is 0. The Bertz CT molecular complexity index is 837. The lowest BCUT2D eigenvalue weighted by atomic mass is 9.99. The Hall–Kier alpha value is -2.49. The summed E-state index contributed by atoms with van der Waals surface area (Å²) in [5.41, 5.74) is 0.880. The van der Waals surface area contributed by atoms with E-state index in [1.165, 1.54) is 4.90 Å². The van der Waals surface area contributed by atoms with Gasteiger partial charge in [0.2, 0.25) is 11.8 Å². The Morgan fingerprint density at radius 2 is 1.81 bits per heavy atom. The Morgan fingerprint density at radius 1 is 1.08 bits per heavy atom. The average Bonchev–Trinajstić information content (AvgIpc) is 3.59. The molecule has 2 saturated heterocycles. The number of benzene rings is 1. The Morgan fingerprint density at radius 3 is 2.44 bits per heavy atom. The highest BCUT2D eigenvalue weighted by atomic mass is 16.5. The van der Waals surface area contributed by atoms with E-state index in [0.717, 1.165) is 24.8 Å². The molecule has 0 bridgehead atoms. The highest BCUT2D eigenvalue weighted by molar-refractivity contribution is 5.88. The van der Waals surface area contributed by atoms with Gasteiger partial charge in [0.25, 0.3) is 5.91 Å². The minimum atomic E-state index is -1.51. The van der Waals surface area contributed by atoms with Gasteiger partial charge in [-0.3, -0.25) is 14.4 Å². The number of aliphatic hydroxyl groups is 1. The van der Waals surface area contributed by atoms with Crippen LogP contribution in [0.5, 0.6) is 0 Å². The second kappa shape index (κ2) is 14.3. The Kier molecular flexibility index (Phi) is 11.2. The second-order valence-electron chi connectivity index (χ2n) is 10.1. The largest absolute Gasteiger partial charge is 0.381 e. The van der Waals surface area contributed by atoms with Crippen LogP contribution in [0.2, 0.25) is 0 Å². The maximum atomic E-state index is 13.5. The lowest BCUT2D eigenvalue weighted by Gasteiger charge is -2.30. The summed E-state index contributed by atoms with van der Waals surface area (Å²) in [6.45, 7) is 5.87. The van der Waals surface area contributed by atoms with E-state index < -0.39 is 24.2 Å². The fourth-order valence-corrected chi connectivity index (χ4v) is 4.47. The van der Waals surface area contributed by atoms with Gasteiger partial charge in [-0.05, 0) is 50.0 Å². The first-order valence-corrected chi connectivity index (χ1v) is 13.1. The highest BCUT2D eigenvalue weighted by Crippen LogP contribution is 2.15. The minimum Gasteiger partial charge on any atom is -0.381 e. The summed E-state index contributed by atoms with van der Waals surface area (Å²) in [5.74, 6) is -0.885. The highest BCUT2D eigenvalue weighted by Gasteiger charge is 2.34.